The van der Waals surface area contributed by atoms with Crippen molar-refractivity contribution < 1.29 is 14.1 Å². The summed E-state index contributed by atoms with van der Waals surface area (Å²) in [5.41, 5.74) is 0.771. The zero-order chi connectivity index (χ0) is 13.8. The highest BCUT2D eigenvalue weighted by molar-refractivity contribution is 6.30. The molecule has 0 saturated carbocycles. The Hall–Kier alpha value is -1.88. The number of aromatic nitrogens is 2. The van der Waals surface area contributed by atoms with Crippen LogP contribution in [0, 0.1) is 0 Å². The molecule has 0 radical (unpaired) electrons. The van der Waals surface area contributed by atoms with Gasteiger partial charge in [0, 0.05) is 16.5 Å². The Morgan fingerprint density at radius 2 is 2.32 bits per heavy atom. The molecule has 0 N–H and O–H groups in total. The van der Waals surface area contributed by atoms with E-state index in [0.717, 1.165) is 5.56 Å². The molecule has 19 heavy (non-hydrogen) atoms. The number of carbonyl (C=O) groups excluding carboxylic acids is 1. The van der Waals surface area contributed by atoms with Gasteiger partial charge in [-0.05, 0) is 12.1 Å². The van der Waals surface area contributed by atoms with Gasteiger partial charge in [0.05, 0.1) is 13.5 Å². The van der Waals surface area contributed by atoms with E-state index in [1.807, 2.05) is 19.1 Å². The van der Waals surface area contributed by atoms with E-state index in [1.54, 1.807) is 12.1 Å². The Morgan fingerprint density at radius 1 is 1.53 bits per heavy atom. The van der Waals surface area contributed by atoms with Crippen LogP contribution in [0.5, 0.6) is 0 Å². The molecule has 0 aliphatic rings. The third kappa shape index (κ3) is 3.32. The van der Waals surface area contributed by atoms with Crippen molar-refractivity contribution in [2.24, 2.45) is 0 Å². The number of esters is 1. The number of ether oxygens (including phenoxy) is 1. The summed E-state index contributed by atoms with van der Waals surface area (Å²) < 4.78 is 9.76. The average Bonchev–Trinajstić information content (AvgIpc) is 2.88. The van der Waals surface area contributed by atoms with E-state index in [4.69, 9.17) is 16.1 Å². The number of methoxy groups -OCH3 is 1. The highest BCUT2D eigenvalue weighted by Crippen LogP contribution is 2.23. The second kappa shape index (κ2) is 5.84. The number of rotatable bonds is 4. The minimum absolute atomic E-state index is 0.187. The Morgan fingerprint density at radius 3 is 3.00 bits per heavy atom. The Labute approximate surface area is 115 Å². The third-order valence-electron chi connectivity index (χ3n) is 2.65. The van der Waals surface area contributed by atoms with Crippen molar-refractivity contribution in [3.8, 4) is 11.4 Å². The molecule has 2 rings (SSSR count). The molecule has 100 valence electrons. The molecule has 0 bridgehead atoms. The van der Waals surface area contributed by atoms with Crippen molar-refractivity contribution in [1.82, 2.24) is 10.1 Å². The van der Waals surface area contributed by atoms with E-state index in [0.29, 0.717) is 16.7 Å². The Balaban J connectivity index is 2.17. The minimum atomic E-state index is -0.310. The van der Waals surface area contributed by atoms with Gasteiger partial charge in [-0.15, -0.1) is 0 Å². The lowest BCUT2D eigenvalue weighted by atomic mass is 10.1. The molecule has 0 spiro atoms. The van der Waals surface area contributed by atoms with Crippen LogP contribution in [-0.4, -0.2) is 23.2 Å². The molecule has 1 aromatic carbocycles. The summed E-state index contributed by atoms with van der Waals surface area (Å²) >= 11 is 5.90. The fourth-order valence-electron chi connectivity index (χ4n) is 1.60. The molecular weight excluding hydrogens is 268 g/mol. The lowest BCUT2D eigenvalue weighted by Crippen LogP contribution is -2.06. The van der Waals surface area contributed by atoms with Crippen LogP contribution in [0.1, 0.15) is 25.2 Å². The van der Waals surface area contributed by atoms with Crippen molar-refractivity contribution in [3.05, 3.63) is 35.2 Å². The Kier molecular flexibility index (Phi) is 4.16. The molecule has 2 aromatic rings. The standard InChI is InChI=1S/C13H13ClN2O3/c1-8(6-11(17)18-2)13-15-12(16-19-13)9-4-3-5-10(14)7-9/h3-5,7-8H,6H2,1-2H3/t8-/m1/s1. The number of nitrogens with zero attached hydrogens (tertiary/aromatic N) is 2. The zero-order valence-electron chi connectivity index (χ0n) is 10.6. The quantitative estimate of drug-likeness (QED) is 0.805. The summed E-state index contributed by atoms with van der Waals surface area (Å²) in [6.45, 7) is 1.83. The van der Waals surface area contributed by atoms with Gasteiger partial charge in [0.25, 0.3) is 0 Å². The second-order valence-electron chi connectivity index (χ2n) is 4.15. The van der Waals surface area contributed by atoms with Crippen molar-refractivity contribution in [2.45, 2.75) is 19.3 Å². The van der Waals surface area contributed by atoms with Crippen LogP contribution in [0.3, 0.4) is 0 Å². The number of hydrogen-bond donors (Lipinski definition) is 0. The maximum atomic E-state index is 11.2. The summed E-state index contributed by atoms with van der Waals surface area (Å²) in [6, 6.07) is 7.17. The van der Waals surface area contributed by atoms with E-state index < -0.39 is 0 Å². The SMILES string of the molecule is COC(=O)C[C@@H](C)c1nc(-c2cccc(Cl)c2)no1. The van der Waals surface area contributed by atoms with Crippen LogP contribution in [0.25, 0.3) is 11.4 Å². The number of hydrogen-bond acceptors (Lipinski definition) is 5. The molecule has 0 fully saturated rings. The van der Waals surface area contributed by atoms with Crippen molar-refractivity contribution in [1.29, 1.82) is 0 Å². The first-order chi connectivity index (χ1) is 9.10. The third-order valence-corrected chi connectivity index (χ3v) is 2.88. The van der Waals surface area contributed by atoms with Gasteiger partial charge in [-0.3, -0.25) is 4.79 Å². The Bertz CT molecular complexity index is 583. The van der Waals surface area contributed by atoms with Crippen LogP contribution in [-0.2, 0) is 9.53 Å². The molecule has 1 heterocycles. The van der Waals surface area contributed by atoms with E-state index >= 15 is 0 Å². The number of carbonyl (C=O) groups is 1. The van der Waals surface area contributed by atoms with E-state index in [2.05, 4.69) is 14.9 Å². The smallest absolute Gasteiger partial charge is 0.306 e. The van der Waals surface area contributed by atoms with Gasteiger partial charge < -0.3 is 9.26 Å². The van der Waals surface area contributed by atoms with Crippen LogP contribution in [0.15, 0.2) is 28.8 Å². The number of halogens is 1. The molecule has 0 amide bonds. The van der Waals surface area contributed by atoms with Crippen molar-refractivity contribution >= 4 is 17.6 Å². The average molecular weight is 281 g/mol. The fraction of sp³-hybridized carbons (Fsp3) is 0.308. The molecular formula is C13H13ClN2O3. The first-order valence-corrected chi connectivity index (χ1v) is 6.14. The van der Waals surface area contributed by atoms with Crippen molar-refractivity contribution in [3.63, 3.8) is 0 Å². The van der Waals surface area contributed by atoms with Crippen molar-refractivity contribution in [2.75, 3.05) is 7.11 Å². The van der Waals surface area contributed by atoms with Gasteiger partial charge in [-0.25, -0.2) is 0 Å². The summed E-state index contributed by atoms with van der Waals surface area (Å²) in [5, 5.41) is 4.49. The minimum Gasteiger partial charge on any atom is -0.469 e. The topological polar surface area (TPSA) is 65.2 Å². The maximum Gasteiger partial charge on any atom is 0.306 e. The first-order valence-electron chi connectivity index (χ1n) is 5.76. The predicted molar refractivity (Wildman–Crippen MR) is 69.8 cm³/mol. The summed E-state index contributed by atoms with van der Waals surface area (Å²) in [4.78, 5) is 15.5. The first kappa shape index (κ1) is 13.5. The molecule has 5 nitrogen and oxygen atoms in total. The highest BCUT2D eigenvalue weighted by atomic mass is 35.5. The number of benzene rings is 1. The largest absolute Gasteiger partial charge is 0.469 e. The zero-order valence-corrected chi connectivity index (χ0v) is 11.3. The van der Waals surface area contributed by atoms with E-state index in [9.17, 15) is 4.79 Å². The van der Waals surface area contributed by atoms with Crippen LogP contribution < -0.4 is 0 Å². The van der Waals surface area contributed by atoms with Crippen LogP contribution in [0.2, 0.25) is 5.02 Å². The summed E-state index contributed by atoms with van der Waals surface area (Å²) in [7, 11) is 1.35. The molecule has 1 aromatic heterocycles. The second-order valence-corrected chi connectivity index (χ2v) is 4.58. The molecule has 0 saturated heterocycles. The fourth-order valence-corrected chi connectivity index (χ4v) is 1.79. The maximum absolute atomic E-state index is 11.2. The van der Waals surface area contributed by atoms with Gasteiger partial charge in [-0.1, -0.05) is 35.8 Å². The normalized spacial score (nSPS) is 12.2. The molecule has 0 aliphatic heterocycles. The van der Waals surface area contributed by atoms with E-state index in [-0.39, 0.29) is 18.3 Å². The molecule has 0 aliphatic carbocycles. The lowest BCUT2D eigenvalue weighted by Gasteiger charge is -2.03. The summed E-state index contributed by atoms with van der Waals surface area (Å²) in [5.74, 6) is 0.359. The molecule has 0 unspecified atom stereocenters. The van der Waals surface area contributed by atoms with Crippen LogP contribution >= 0.6 is 11.6 Å². The van der Waals surface area contributed by atoms with Gasteiger partial charge in [0.1, 0.15) is 0 Å². The van der Waals surface area contributed by atoms with Crippen LogP contribution in [0.4, 0.5) is 0 Å². The highest BCUT2D eigenvalue weighted by Gasteiger charge is 2.18. The molecule has 1 atom stereocenters. The summed E-state index contributed by atoms with van der Waals surface area (Å²) in [6.07, 6.45) is 0.202. The van der Waals surface area contributed by atoms with Gasteiger partial charge in [-0.2, -0.15) is 4.98 Å². The monoisotopic (exact) mass is 280 g/mol. The predicted octanol–water partition coefficient (Wildman–Crippen LogP) is 3.06. The van der Waals surface area contributed by atoms with Gasteiger partial charge >= 0.3 is 5.97 Å². The van der Waals surface area contributed by atoms with Gasteiger partial charge in [0.15, 0.2) is 0 Å². The van der Waals surface area contributed by atoms with Gasteiger partial charge in [0.2, 0.25) is 11.7 Å². The molecule has 6 heteroatoms. The lowest BCUT2D eigenvalue weighted by molar-refractivity contribution is -0.141. The van der Waals surface area contributed by atoms with E-state index in [1.165, 1.54) is 7.11 Å².